The Hall–Kier alpha value is -1.37. The van der Waals surface area contributed by atoms with Gasteiger partial charge in [0.05, 0.1) is 4.92 Å². The summed E-state index contributed by atoms with van der Waals surface area (Å²) in [7, 11) is 0. The maximum absolute atomic E-state index is 10.6. The molecule has 2 aromatic rings. The van der Waals surface area contributed by atoms with Gasteiger partial charge < -0.3 is 5.73 Å². The fraction of sp³-hybridized carbons (Fsp3) is 0.0769. The van der Waals surface area contributed by atoms with Crippen molar-refractivity contribution in [2.45, 2.75) is 16.3 Å². The summed E-state index contributed by atoms with van der Waals surface area (Å²) in [5, 5.41) is 10.6. The van der Waals surface area contributed by atoms with Crippen LogP contribution in [0.3, 0.4) is 0 Å². The second kappa shape index (κ2) is 6.18. The molecule has 0 unspecified atom stereocenters. The quantitative estimate of drug-likeness (QED) is 0.676. The molecule has 4 nitrogen and oxygen atoms in total. The van der Waals surface area contributed by atoms with Crippen LogP contribution in [-0.2, 0) is 6.54 Å². The van der Waals surface area contributed by atoms with Crippen molar-refractivity contribution in [3.05, 3.63) is 62.6 Å². The van der Waals surface area contributed by atoms with E-state index in [1.54, 1.807) is 23.9 Å². The molecule has 0 heterocycles. The lowest BCUT2D eigenvalue weighted by molar-refractivity contribution is -0.384. The zero-order chi connectivity index (χ0) is 13.8. The number of nitro groups is 1. The minimum atomic E-state index is -0.403. The fourth-order valence-electron chi connectivity index (χ4n) is 1.57. The number of nitro benzene ring substituents is 1. The maximum Gasteiger partial charge on any atom is 0.269 e. The second-order valence-electron chi connectivity index (χ2n) is 3.85. The molecule has 19 heavy (non-hydrogen) atoms. The first-order chi connectivity index (χ1) is 9.08. The number of non-ortho nitro benzene ring substituents is 1. The molecular weight excluding hydrogens is 328 g/mol. The summed E-state index contributed by atoms with van der Waals surface area (Å²) in [6, 6.07) is 12.5. The Morgan fingerprint density at radius 3 is 2.42 bits per heavy atom. The molecule has 98 valence electrons. The third kappa shape index (κ3) is 3.79. The highest BCUT2D eigenvalue weighted by atomic mass is 79.9. The van der Waals surface area contributed by atoms with Gasteiger partial charge in [-0.05, 0) is 35.9 Å². The first-order valence-electron chi connectivity index (χ1n) is 5.50. The molecule has 0 spiro atoms. The van der Waals surface area contributed by atoms with Crippen LogP contribution in [0.2, 0.25) is 0 Å². The van der Waals surface area contributed by atoms with Gasteiger partial charge in [-0.15, -0.1) is 0 Å². The summed E-state index contributed by atoms with van der Waals surface area (Å²) in [5.41, 5.74) is 6.77. The minimum Gasteiger partial charge on any atom is -0.326 e. The average Bonchev–Trinajstić information content (AvgIpc) is 2.38. The van der Waals surface area contributed by atoms with Crippen molar-refractivity contribution in [3.63, 3.8) is 0 Å². The fourth-order valence-corrected chi connectivity index (χ4v) is 3.20. The van der Waals surface area contributed by atoms with Crippen molar-refractivity contribution in [1.29, 1.82) is 0 Å². The molecule has 0 aromatic heterocycles. The Morgan fingerprint density at radius 1 is 1.16 bits per heavy atom. The highest BCUT2D eigenvalue weighted by molar-refractivity contribution is 9.10. The largest absolute Gasteiger partial charge is 0.326 e. The molecule has 2 aromatic carbocycles. The normalized spacial score (nSPS) is 10.4. The number of hydrogen-bond donors (Lipinski definition) is 1. The van der Waals surface area contributed by atoms with E-state index in [2.05, 4.69) is 15.9 Å². The van der Waals surface area contributed by atoms with Gasteiger partial charge >= 0.3 is 0 Å². The lowest BCUT2D eigenvalue weighted by atomic mass is 10.2. The van der Waals surface area contributed by atoms with Gasteiger partial charge in [-0.3, -0.25) is 10.1 Å². The van der Waals surface area contributed by atoms with Crippen molar-refractivity contribution in [1.82, 2.24) is 0 Å². The molecule has 0 saturated carbocycles. The number of nitrogens with zero attached hydrogens (tertiary/aromatic N) is 1. The van der Waals surface area contributed by atoms with E-state index in [9.17, 15) is 10.1 Å². The molecule has 0 atom stereocenters. The number of benzene rings is 2. The van der Waals surface area contributed by atoms with E-state index >= 15 is 0 Å². The molecule has 0 aliphatic carbocycles. The van der Waals surface area contributed by atoms with Gasteiger partial charge in [-0.2, -0.15) is 0 Å². The van der Waals surface area contributed by atoms with Crippen LogP contribution in [0.25, 0.3) is 0 Å². The Kier molecular flexibility index (Phi) is 4.57. The van der Waals surface area contributed by atoms with E-state index in [0.29, 0.717) is 6.54 Å². The summed E-state index contributed by atoms with van der Waals surface area (Å²) in [6.07, 6.45) is 0. The lowest BCUT2D eigenvalue weighted by Gasteiger charge is -2.05. The molecule has 0 aliphatic rings. The molecule has 0 bridgehead atoms. The number of rotatable bonds is 4. The first kappa shape index (κ1) is 14.0. The van der Waals surface area contributed by atoms with Crippen molar-refractivity contribution in [3.8, 4) is 0 Å². The zero-order valence-electron chi connectivity index (χ0n) is 9.88. The van der Waals surface area contributed by atoms with E-state index in [0.717, 1.165) is 19.8 Å². The van der Waals surface area contributed by atoms with Crippen LogP contribution in [-0.4, -0.2) is 4.92 Å². The van der Waals surface area contributed by atoms with Crippen LogP contribution in [0, 0.1) is 10.1 Å². The highest BCUT2D eigenvalue weighted by Crippen LogP contribution is 2.31. The van der Waals surface area contributed by atoms with Crippen LogP contribution in [0.5, 0.6) is 0 Å². The predicted molar refractivity (Wildman–Crippen MR) is 79.3 cm³/mol. The standard InChI is InChI=1S/C13H11BrN2O2S/c14-10-5-9(8-15)6-13(7-10)19-12-3-1-11(2-4-12)16(17)18/h1-7H,8,15H2. The molecule has 0 aliphatic heterocycles. The van der Waals surface area contributed by atoms with Crippen LogP contribution in [0.4, 0.5) is 5.69 Å². The lowest BCUT2D eigenvalue weighted by Crippen LogP contribution is -1.96. The van der Waals surface area contributed by atoms with Crippen LogP contribution < -0.4 is 5.73 Å². The van der Waals surface area contributed by atoms with Crippen LogP contribution >= 0.6 is 27.7 Å². The molecule has 0 saturated heterocycles. The highest BCUT2D eigenvalue weighted by Gasteiger charge is 2.06. The number of nitrogens with two attached hydrogens (primary N) is 1. The molecule has 2 N–H and O–H groups in total. The van der Waals surface area contributed by atoms with Crippen LogP contribution in [0.1, 0.15) is 5.56 Å². The van der Waals surface area contributed by atoms with Gasteiger partial charge in [0.25, 0.3) is 5.69 Å². The average molecular weight is 339 g/mol. The molecule has 0 radical (unpaired) electrons. The Morgan fingerprint density at radius 2 is 1.84 bits per heavy atom. The SMILES string of the molecule is NCc1cc(Br)cc(Sc2ccc([N+](=O)[O-])cc2)c1. The molecule has 0 amide bonds. The Bertz CT molecular complexity index is 602. The molecular formula is C13H11BrN2O2S. The second-order valence-corrected chi connectivity index (χ2v) is 5.91. The van der Waals surface area contributed by atoms with Gasteiger partial charge in [0.1, 0.15) is 0 Å². The van der Waals surface area contributed by atoms with E-state index in [1.165, 1.54) is 12.1 Å². The molecule has 2 rings (SSSR count). The summed E-state index contributed by atoms with van der Waals surface area (Å²) < 4.78 is 0.972. The van der Waals surface area contributed by atoms with E-state index in [1.807, 2.05) is 18.2 Å². The molecule has 0 fully saturated rings. The van der Waals surface area contributed by atoms with Gasteiger partial charge in [-0.25, -0.2) is 0 Å². The van der Waals surface area contributed by atoms with Crippen molar-refractivity contribution < 1.29 is 4.92 Å². The maximum atomic E-state index is 10.6. The summed E-state index contributed by atoms with van der Waals surface area (Å²) >= 11 is 4.98. The summed E-state index contributed by atoms with van der Waals surface area (Å²) in [5.74, 6) is 0. The summed E-state index contributed by atoms with van der Waals surface area (Å²) in [6.45, 7) is 0.479. The first-order valence-corrected chi connectivity index (χ1v) is 7.11. The van der Waals surface area contributed by atoms with Crippen molar-refractivity contribution in [2.24, 2.45) is 5.73 Å². The molecule has 6 heteroatoms. The Labute approximate surface area is 123 Å². The number of hydrogen-bond acceptors (Lipinski definition) is 4. The van der Waals surface area contributed by atoms with E-state index < -0.39 is 4.92 Å². The zero-order valence-corrected chi connectivity index (χ0v) is 12.3. The Balaban J connectivity index is 2.21. The number of halogens is 1. The summed E-state index contributed by atoms with van der Waals surface area (Å²) in [4.78, 5) is 12.2. The predicted octanol–water partition coefficient (Wildman–Crippen LogP) is 3.97. The third-order valence-electron chi connectivity index (χ3n) is 2.45. The van der Waals surface area contributed by atoms with Crippen LogP contribution in [0.15, 0.2) is 56.7 Å². The van der Waals surface area contributed by atoms with Gasteiger partial charge in [-0.1, -0.05) is 27.7 Å². The monoisotopic (exact) mass is 338 g/mol. The third-order valence-corrected chi connectivity index (χ3v) is 3.89. The topological polar surface area (TPSA) is 69.2 Å². The van der Waals surface area contributed by atoms with Gasteiger partial charge in [0.2, 0.25) is 0 Å². The van der Waals surface area contributed by atoms with Crippen molar-refractivity contribution >= 4 is 33.4 Å². The van der Waals surface area contributed by atoms with E-state index in [-0.39, 0.29) is 5.69 Å². The minimum absolute atomic E-state index is 0.0984. The smallest absolute Gasteiger partial charge is 0.269 e. The van der Waals surface area contributed by atoms with E-state index in [4.69, 9.17) is 5.73 Å². The van der Waals surface area contributed by atoms with Gasteiger partial charge in [0.15, 0.2) is 0 Å². The van der Waals surface area contributed by atoms with Gasteiger partial charge in [0, 0.05) is 32.9 Å². The van der Waals surface area contributed by atoms with Crippen molar-refractivity contribution in [2.75, 3.05) is 0 Å².